The maximum atomic E-state index is 10.5. The molecule has 25 heavy (non-hydrogen) atoms. The van der Waals surface area contributed by atoms with E-state index in [0.717, 1.165) is 18.1 Å². The Morgan fingerprint density at radius 1 is 1.16 bits per heavy atom. The molecule has 1 aromatic rings. The van der Waals surface area contributed by atoms with Gasteiger partial charge in [0.05, 0.1) is 26.9 Å². The van der Waals surface area contributed by atoms with Gasteiger partial charge in [0.15, 0.2) is 5.96 Å². The van der Waals surface area contributed by atoms with Gasteiger partial charge in [0, 0.05) is 18.7 Å². The third-order valence-corrected chi connectivity index (χ3v) is 4.47. The van der Waals surface area contributed by atoms with Crippen molar-refractivity contribution in [2.75, 3.05) is 27.3 Å². The Bertz CT molecular complexity index is 535. The molecule has 1 aromatic carbocycles. The van der Waals surface area contributed by atoms with Crippen LogP contribution in [0.5, 0.6) is 11.5 Å². The molecular formula is C19H31N3O3. The van der Waals surface area contributed by atoms with E-state index in [2.05, 4.69) is 15.6 Å². The summed E-state index contributed by atoms with van der Waals surface area (Å²) in [6.07, 6.45) is 5.50. The predicted octanol–water partition coefficient (Wildman–Crippen LogP) is 2.63. The van der Waals surface area contributed by atoms with Gasteiger partial charge in [-0.3, -0.25) is 4.99 Å². The van der Waals surface area contributed by atoms with Gasteiger partial charge in [-0.25, -0.2) is 0 Å². The number of aliphatic hydroxyl groups excluding tert-OH is 1. The van der Waals surface area contributed by atoms with Gasteiger partial charge in [-0.15, -0.1) is 0 Å². The number of nitrogens with one attached hydrogen (secondary N) is 2. The molecule has 6 heteroatoms. The molecule has 0 heterocycles. The third kappa shape index (κ3) is 6.12. The zero-order valence-electron chi connectivity index (χ0n) is 15.5. The molecule has 1 unspecified atom stereocenters. The normalized spacial score (nSPS) is 17.0. The molecule has 0 radical (unpaired) electrons. The molecule has 3 N–H and O–H groups in total. The Morgan fingerprint density at radius 3 is 2.36 bits per heavy atom. The van der Waals surface area contributed by atoms with Crippen LogP contribution in [-0.2, 0) is 0 Å². The number of guanidine groups is 1. The minimum atomic E-state index is -0.717. The van der Waals surface area contributed by atoms with Gasteiger partial charge in [-0.2, -0.15) is 0 Å². The lowest BCUT2D eigenvalue weighted by atomic mass is 9.96. The van der Waals surface area contributed by atoms with Gasteiger partial charge in [0.1, 0.15) is 11.5 Å². The number of rotatable bonds is 7. The zero-order valence-corrected chi connectivity index (χ0v) is 15.5. The van der Waals surface area contributed by atoms with Crippen LogP contribution >= 0.6 is 0 Å². The summed E-state index contributed by atoms with van der Waals surface area (Å²) >= 11 is 0. The standard InChI is InChI=1S/C19H31N3O3/c1-4-20-19(22-15-8-6-5-7-9-15)21-13-18(23)14-10-16(24-2)12-17(11-14)25-3/h10-12,15,18,23H,4-9,13H2,1-3H3,(H2,20,21,22). The zero-order chi connectivity index (χ0) is 18.1. The van der Waals surface area contributed by atoms with Crippen LogP contribution in [0, 0.1) is 0 Å². The quantitative estimate of drug-likeness (QED) is 0.521. The Labute approximate surface area is 150 Å². The fourth-order valence-corrected chi connectivity index (χ4v) is 3.07. The highest BCUT2D eigenvalue weighted by Crippen LogP contribution is 2.26. The first-order valence-electron chi connectivity index (χ1n) is 9.12. The summed E-state index contributed by atoms with van der Waals surface area (Å²) in [5.74, 6) is 2.08. The lowest BCUT2D eigenvalue weighted by molar-refractivity contribution is 0.186. The number of benzene rings is 1. The maximum Gasteiger partial charge on any atom is 0.191 e. The first kappa shape index (κ1) is 19.4. The van der Waals surface area contributed by atoms with E-state index in [-0.39, 0.29) is 6.54 Å². The summed E-state index contributed by atoms with van der Waals surface area (Å²) in [5, 5.41) is 17.3. The largest absolute Gasteiger partial charge is 0.497 e. The van der Waals surface area contributed by atoms with Crippen LogP contribution in [-0.4, -0.2) is 44.4 Å². The van der Waals surface area contributed by atoms with Crippen LogP contribution in [0.1, 0.15) is 50.7 Å². The molecule has 0 spiro atoms. The summed E-state index contributed by atoms with van der Waals surface area (Å²) in [6.45, 7) is 3.11. The van der Waals surface area contributed by atoms with E-state index in [1.54, 1.807) is 20.3 Å². The minimum Gasteiger partial charge on any atom is -0.497 e. The van der Waals surface area contributed by atoms with Gasteiger partial charge in [-0.05, 0) is 37.5 Å². The van der Waals surface area contributed by atoms with E-state index in [1.807, 2.05) is 19.1 Å². The van der Waals surface area contributed by atoms with Gasteiger partial charge in [0.25, 0.3) is 0 Å². The van der Waals surface area contributed by atoms with Gasteiger partial charge < -0.3 is 25.2 Å². The van der Waals surface area contributed by atoms with Crippen LogP contribution in [0.4, 0.5) is 0 Å². The van der Waals surface area contributed by atoms with Crippen molar-refractivity contribution in [3.8, 4) is 11.5 Å². The molecule has 6 nitrogen and oxygen atoms in total. The van der Waals surface area contributed by atoms with E-state index in [4.69, 9.17) is 9.47 Å². The second-order valence-electron chi connectivity index (χ2n) is 6.36. The summed E-state index contributed by atoms with van der Waals surface area (Å²) in [7, 11) is 3.20. The Kier molecular flexibility index (Phi) is 7.85. The highest BCUT2D eigenvalue weighted by molar-refractivity contribution is 5.80. The highest BCUT2D eigenvalue weighted by Gasteiger charge is 2.15. The third-order valence-electron chi connectivity index (χ3n) is 4.47. The maximum absolute atomic E-state index is 10.5. The highest BCUT2D eigenvalue weighted by atomic mass is 16.5. The van der Waals surface area contributed by atoms with E-state index in [0.29, 0.717) is 17.5 Å². The molecule has 1 saturated carbocycles. The second-order valence-corrected chi connectivity index (χ2v) is 6.36. The van der Waals surface area contributed by atoms with Crippen molar-refractivity contribution >= 4 is 5.96 Å². The topological polar surface area (TPSA) is 75.1 Å². The summed E-state index contributed by atoms with van der Waals surface area (Å²) in [5.41, 5.74) is 0.730. The van der Waals surface area contributed by atoms with Gasteiger partial charge in [0.2, 0.25) is 0 Å². The molecule has 0 bridgehead atoms. The van der Waals surface area contributed by atoms with Crippen molar-refractivity contribution in [2.45, 2.75) is 51.2 Å². The number of aliphatic imine (C=N–C) groups is 1. The number of hydrogen-bond acceptors (Lipinski definition) is 4. The predicted molar refractivity (Wildman–Crippen MR) is 100 cm³/mol. The number of methoxy groups -OCH3 is 2. The van der Waals surface area contributed by atoms with Crippen molar-refractivity contribution < 1.29 is 14.6 Å². The van der Waals surface area contributed by atoms with E-state index in [1.165, 1.54) is 32.1 Å². The van der Waals surface area contributed by atoms with Crippen molar-refractivity contribution in [2.24, 2.45) is 4.99 Å². The first-order valence-corrected chi connectivity index (χ1v) is 9.12. The molecule has 1 aliphatic carbocycles. The molecule has 140 valence electrons. The monoisotopic (exact) mass is 349 g/mol. The van der Waals surface area contributed by atoms with Crippen LogP contribution in [0.25, 0.3) is 0 Å². The lowest BCUT2D eigenvalue weighted by Gasteiger charge is -2.25. The van der Waals surface area contributed by atoms with Crippen LogP contribution in [0.3, 0.4) is 0 Å². The summed E-state index contributed by atoms with van der Waals surface area (Å²) < 4.78 is 10.5. The molecule has 1 fully saturated rings. The second kappa shape index (κ2) is 10.1. The summed E-state index contributed by atoms with van der Waals surface area (Å²) in [6, 6.07) is 5.88. The van der Waals surface area contributed by atoms with E-state index >= 15 is 0 Å². The average molecular weight is 349 g/mol. The van der Waals surface area contributed by atoms with Crippen molar-refractivity contribution in [1.29, 1.82) is 0 Å². The minimum absolute atomic E-state index is 0.276. The van der Waals surface area contributed by atoms with Crippen LogP contribution < -0.4 is 20.1 Å². The SMILES string of the molecule is CCNC(=NCC(O)c1cc(OC)cc(OC)c1)NC1CCCCC1. The number of ether oxygens (including phenoxy) is 2. The molecule has 1 atom stereocenters. The van der Waals surface area contributed by atoms with Crippen molar-refractivity contribution in [1.82, 2.24) is 10.6 Å². The number of aliphatic hydroxyl groups is 1. The van der Waals surface area contributed by atoms with E-state index in [9.17, 15) is 5.11 Å². The first-order chi connectivity index (χ1) is 12.2. The molecular weight excluding hydrogens is 318 g/mol. The van der Waals surface area contributed by atoms with Crippen molar-refractivity contribution in [3.63, 3.8) is 0 Å². The smallest absolute Gasteiger partial charge is 0.191 e. The van der Waals surface area contributed by atoms with Gasteiger partial charge >= 0.3 is 0 Å². The molecule has 0 saturated heterocycles. The number of hydrogen-bond donors (Lipinski definition) is 3. The lowest BCUT2D eigenvalue weighted by Crippen LogP contribution is -2.44. The fourth-order valence-electron chi connectivity index (χ4n) is 3.07. The van der Waals surface area contributed by atoms with Gasteiger partial charge in [-0.1, -0.05) is 19.3 Å². The Morgan fingerprint density at radius 2 is 1.80 bits per heavy atom. The molecule has 2 rings (SSSR count). The molecule has 0 aliphatic heterocycles. The van der Waals surface area contributed by atoms with Crippen LogP contribution in [0.2, 0.25) is 0 Å². The molecule has 0 amide bonds. The fraction of sp³-hybridized carbons (Fsp3) is 0.632. The molecule has 0 aromatic heterocycles. The summed E-state index contributed by atoms with van der Waals surface area (Å²) in [4.78, 5) is 4.56. The molecule has 1 aliphatic rings. The average Bonchev–Trinajstić information content (AvgIpc) is 2.66. The number of nitrogens with zero attached hydrogens (tertiary/aromatic N) is 1. The Balaban J connectivity index is 2.02. The Hall–Kier alpha value is -1.95. The van der Waals surface area contributed by atoms with E-state index < -0.39 is 6.10 Å². The van der Waals surface area contributed by atoms with Crippen LogP contribution in [0.15, 0.2) is 23.2 Å². The van der Waals surface area contributed by atoms with Crippen molar-refractivity contribution in [3.05, 3.63) is 23.8 Å².